The molecule has 0 bridgehead atoms. The number of aromatic nitrogens is 1. The summed E-state index contributed by atoms with van der Waals surface area (Å²) in [5, 5.41) is 9.56. The lowest BCUT2D eigenvalue weighted by Crippen LogP contribution is -2.51. The first kappa shape index (κ1) is 15.6. The molecule has 1 aromatic rings. The molecule has 1 saturated heterocycles. The number of carboxylic acids is 1. The minimum absolute atomic E-state index is 0.288. The molecule has 116 valence electrons. The average molecular weight is 302 g/mol. The van der Waals surface area contributed by atoms with Crippen LogP contribution in [-0.4, -0.2) is 28.1 Å². The van der Waals surface area contributed by atoms with Gasteiger partial charge in [0.2, 0.25) is 0 Å². The average Bonchev–Trinajstić information content (AvgIpc) is 2.83. The molecule has 4 nitrogen and oxygen atoms in total. The van der Waals surface area contributed by atoms with Crippen molar-refractivity contribution in [1.29, 1.82) is 0 Å². The second-order valence-electron chi connectivity index (χ2n) is 5.24. The highest BCUT2D eigenvalue weighted by molar-refractivity contribution is 5.84. The van der Waals surface area contributed by atoms with Gasteiger partial charge in [0.15, 0.2) is 0 Å². The molecule has 0 aromatic carbocycles. The van der Waals surface area contributed by atoms with Gasteiger partial charge in [-0.3, -0.25) is 0 Å². The molecule has 1 fully saturated rings. The van der Waals surface area contributed by atoms with Gasteiger partial charge in [-0.15, -0.1) is 0 Å². The van der Waals surface area contributed by atoms with Gasteiger partial charge in [-0.1, -0.05) is 13.3 Å². The van der Waals surface area contributed by atoms with E-state index in [9.17, 15) is 23.1 Å². The van der Waals surface area contributed by atoms with Gasteiger partial charge in [0.05, 0.1) is 5.56 Å². The number of carboxylic acid groups (broad SMARTS) is 1. The maximum atomic E-state index is 12.6. The molecule has 0 radical (unpaired) electrons. The lowest BCUT2D eigenvalue weighted by atomic mass is 9.90. The molecule has 1 aliphatic heterocycles. The normalized spacial score (nSPS) is 22.6. The van der Waals surface area contributed by atoms with E-state index >= 15 is 0 Å². The number of alkyl halides is 3. The largest absolute Gasteiger partial charge is 0.479 e. The number of carbonyl (C=O) groups is 1. The summed E-state index contributed by atoms with van der Waals surface area (Å²) in [7, 11) is 0. The first-order valence-electron chi connectivity index (χ1n) is 6.85. The third kappa shape index (κ3) is 2.82. The molecule has 1 unspecified atom stereocenters. The molecule has 0 amide bonds. The van der Waals surface area contributed by atoms with Crippen LogP contribution in [0.5, 0.6) is 0 Å². The zero-order valence-corrected chi connectivity index (χ0v) is 11.7. The second-order valence-corrected chi connectivity index (χ2v) is 5.24. The van der Waals surface area contributed by atoms with E-state index in [4.69, 9.17) is 0 Å². The number of pyridine rings is 1. The Morgan fingerprint density at radius 3 is 2.67 bits per heavy atom. The Kier molecular flexibility index (Phi) is 4.11. The van der Waals surface area contributed by atoms with Crippen LogP contribution in [0.2, 0.25) is 0 Å². The van der Waals surface area contributed by atoms with Gasteiger partial charge in [-0.2, -0.15) is 13.2 Å². The van der Waals surface area contributed by atoms with Crippen molar-refractivity contribution in [3.8, 4) is 0 Å². The van der Waals surface area contributed by atoms with E-state index in [0.29, 0.717) is 32.2 Å². The van der Waals surface area contributed by atoms with Crippen LogP contribution >= 0.6 is 0 Å². The first-order valence-corrected chi connectivity index (χ1v) is 6.85. The Labute approximate surface area is 120 Å². The van der Waals surface area contributed by atoms with E-state index in [0.717, 1.165) is 12.3 Å². The summed E-state index contributed by atoms with van der Waals surface area (Å²) in [5.41, 5.74) is -1.89. The van der Waals surface area contributed by atoms with Gasteiger partial charge in [0.1, 0.15) is 11.4 Å². The Bertz CT molecular complexity index is 516. The third-order valence-corrected chi connectivity index (χ3v) is 3.90. The summed E-state index contributed by atoms with van der Waals surface area (Å²) in [4.78, 5) is 17.1. The monoisotopic (exact) mass is 302 g/mol. The van der Waals surface area contributed by atoms with Crippen LogP contribution in [0.1, 0.15) is 38.2 Å². The van der Waals surface area contributed by atoms with E-state index in [2.05, 4.69) is 4.98 Å². The quantitative estimate of drug-likeness (QED) is 0.927. The van der Waals surface area contributed by atoms with Crippen LogP contribution in [0, 0.1) is 0 Å². The van der Waals surface area contributed by atoms with Gasteiger partial charge in [-0.05, 0) is 31.4 Å². The van der Waals surface area contributed by atoms with Crippen molar-refractivity contribution < 1.29 is 23.1 Å². The number of aliphatic carboxylic acids is 1. The van der Waals surface area contributed by atoms with Crippen LogP contribution in [0.15, 0.2) is 18.3 Å². The maximum Gasteiger partial charge on any atom is 0.417 e. The van der Waals surface area contributed by atoms with Crippen LogP contribution in [0.25, 0.3) is 0 Å². The number of rotatable bonds is 4. The summed E-state index contributed by atoms with van der Waals surface area (Å²) >= 11 is 0. The SMILES string of the molecule is CCCC1(C(=O)O)CCCN1c1ccc(C(F)(F)F)cn1. The van der Waals surface area contributed by atoms with Crippen LogP contribution in [-0.2, 0) is 11.0 Å². The minimum atomic E-state index is -4.44. The fourth-order valence-corrected chi connectivity index (χ4v) is 2.93. The molecule has 0 saturated carbocycles. The standard InChI is InChI=1S/C14H17F3N2O2/c1-2-6-13(12(20)21)7-3-8-19(13)11-5-4-10(9-18-11)14(15,16)17/h4-5,9H,2-3,6-8H2,1H3,(H,20,21). The van der Waals surface area contributed by atoms with Gasteiger partial charge in [-0.25, -0.2) is 9.78 Å². The molecular weight excluding hydrogens is 285 g/mol. The fourth-order valence-electron chi connectivity index (χ4n) is 2.93. The van der Waals surface area contributed by atoms with Crippen LogP contribution in [0.4, 0.5) is 19.0 Å². The Hall–Kier alpha value is -1.79. The smallest absolute Gasteiger partial charge is 0.417 e. The van der Waals surface area contributed by atoms with Crippen LogP contribution < -0.4 is 4.90 Å². The molecule has 0 aliphatic carbocycles. The highest BCUT2D eigenvalue weighted by Gasteiger charge is 2.47. The number of halogens is 3. The summed E-state index contributed by atoms with van der Waals surface area (Å²) in [5.74, 6) is -0.653. The van der Waals surface area contributed by atoms with E-state index < -0.39 is 23.2 Å². The highest BCUT2D eigenvalue weighted by atomic mass is 19.4. The maximum absolute atomic E-state index is 12.6. The molecule has 21 heavy (non-hydrogen) atoms. The Balaban J connectivity index is 2.33. The van der Waals surface area contributed by atoms with Gasteiger partial charge < -0.3 is 10.0 Å². The molecule has 2 rings (SSSR count). The fraction of sp³-hybridized carbons (Fsp3) is 0.571. The molecule has 2 heterocycles. The van der Waals surface area contributed by atoms with E-state index in [-0.39, 0.29) is 5.82 Å². The molecule has 7 heteroatoms. The zero-order chi connectivity index (χ0) is 15.7. The van der Waals surface area contributed by atoms with Crippen molar-refractivity contribution in [1.82, 2.24) is 4.98 Å². The van der Waals surface area contributed by atoms with Crippen LogP contribution in [0.3, 0.4) is 0 Å². The Morgan fingerprint density at radius 2 is 2.19 bits per heavy atom. The van der Waals surface area contributed by atoms with E-state index in [1.165, 1.54) is 6.07 Å². The number of nitrogens with zero attached hydrogens (tertiary/aromatic N) is 2. The molecule has 0 spiro atoms. The van der Waals surface area contributed by atoms with Gasteiger partial charge >= 0.3 is 12.1 Å². The minimum Gasteiger partial charge on any atom is -0.479 e. The lowest BCUT2D eigenvalue weighted by molar-refractivity contribution is -0.143. The second kappa shape index (κ2) is 5.54. The van der Waals surface area contributed by atoms with E-state index in [1.807, 2.05) is 6.92 Å². The predicted molar refractivity (Wildman–Crippen MR) is 71.1 cm³/mol. The third-order valence-electron chi connectivity index (χ3n) is 3.90. The molecular formula is C14H17F3N2O2. The van der Waals surface area contributed by atoms with Gasteiger partial charge in [0.25, 0.3) is 0 Å². The number of hydrogen-bond donors (Lipinski definition) is 1. The van der Waals surface area contributed by atoms with E-state index in [1.54, 1.807) is 4.90 Å². The summed E-state index contributed by atoms with van der Waals surface area (Å²) in [6.45, 7) is 2.38. The molecule has 1 aromatic heterocycles. The van der Waals surface area contributed by atoms with Crippen molar-refractivity contribution in [3.63, 3.8) is 0 Å². The van der Waals surface area contributed by atoms with Crippen molar-refractivity contribution in [2.75, 3.05) is 11.4 Å². The summed E-state index contributed by atoms with van der Waals surface area (Å²) < 4.78 is 37.7. The summed E-state index contributed by atoms with van der Waals surface area (Å²) in [6, 6.07) is 2.20. The van der Waals surface area contributed by atoms with Crippen molar-refractivity contribution in [2.45, 2.75) is 44.3 Å². The van der Waals surface area contributed by atoms with Crippen molar-refractivity contribution in [2.24, 2.45) is 0 Å². The Morgan fingerprint density at radius 1 is 1.48 bits per heavy atom. The first-order chi connectivity index (χ1) is 9.81. The molecule has 1 atom stereocenters. The highest BCUT2D eigenvalue weighted by Crippen LogP contribution is 2.38. The number of hydrogen-bond acceptors (Lipinski definition) is 3. The van der Waals surface area contributed by atoms with Crippen molar-refractivity contribution in [3.05, 3.63) is 23.9 Å². The van der Waals surface area contributed by atoms with Gasteiger partial charge in [0, 0.05) is 12.7 Å². The topological polar surface area (TPSA) is 53.4 Å². The lowest BCUT2D eigenvalue weighted by Gasteiger charge is -2.35. The molecule has 1 aliphatic rings. The zero-order valence-electron chi connectivity index (χ0n) is 11.7. The predicted octanol–water partition coefficient (Wildman–Crippen LogP) is 3.32. The van der Waals surface area contributed by atoms with Crippen molar-refractivity contribution >= 4 is 11.8 Å². The molecule has 1 N–H and O–H groups in total. The summed E-state index contributed by atoms with van der Waals surface area (Å²) in [6.07, 6.45) is -1.38. The number of anilines is 1.